The van der Waals surface area contributed by atoms with E-state index in [0.29, 0.717) is 11.8 Å². The number of hydrogen-bond donors (Lipinski definition) is 0. The van der Waals surface area contributed by atoms with Gasteiger partial charge < -0.3 is 9.64 Å². The van der Waals surface area contributed by atoms with Gasteiger partial charge in [0.25, 0.3) is 0 Å². The van der Waals surface area contributed by atoms with Gasteiger partial charge in [0.2, 0.25) is 0 Å². The summed E-state index contributed by atoms with van der Waals surface area (Å²) < 4.78 is 5.55. The molecule has 0 saturated carbocycles. The summed E-state index contributed by atoms with van der Waals surface area (Å²) in [6, 6.07) is 10.7. The van der Waals surface area contributed by atoms with Gasteiger partial charge in [0.05, 0.1) is 0 Å². The zero-order valence-electron chi connectivity index (χ0n) is 13.8. The summed E-state index contributed by atoms with van der Waals surface area (Å²) in [7, 11) is 0. The summed E-state index contributed by atoms with van der Waals surface area (Å²) in [5.74, 6) is 0.955. The molecule has 1 fully saturated rings. The quantitative estimate of drug-likeness (QED) is 0.765. The molecule has 0 aromatic heterocycles. The third kappa shape index (κ3) is 3.99. The Labute approximate surface area is 128 Å². The molecule has 1 heterocycles. The van der Waals surface area contributed by atoms with Gasteiger partial charge >= 0.3 is 6.09 Å². The van der Waals surface area contributed by atoms with E-state index in [4.69, 9.17) is 4.74 Å². The summed E-state index contributed by atoms with van der Waals surface area (Å²) in [4.78, 5) is 14.3. The van der Waals surface area contributed by atoms with Crippen LogP contribution in [-0.4, -0.2) is 29.2 Å². The van der Waals surface area contributed by atoms with E-state index in [0.717, 1.165) is 13.0 Å². The summed E-state index contributed by atoms with van der Waals surface area (Å²) in [5.41, 5.74) is 0.868. The monoisotopic (exact) mass is 289 g/mol. The molecule has 0 radical (unpaired) electrons. The summed E-state index contributed by atoms with van der Waals surface area (Å²) in [6.07, 6.45) is 0.821. The molecule has 1 aliphatic heterocycles. The molecular formula is C18H27NO2. The fourth-order valence-electron chi connectivity index (χ4n) is 3.11. The van der Waals surface area contributed by atoms with Crippen LogP contribution >= 0.6 is 0 Å². The van der Waals surface area contributed by atoms with Crippen LogP contribution in [0, 0.1) is 5.92 Å². The van der Waals surface area contributed by atoms with Crippen molar-refractivity contribution in [2.75, 3.05) is 6.54 Å². The van der Waals surface area contributed by atoms with Crippen LogP contribution < -0.4 is 0 Å². The van der Waals surface area contributed by atoms with Crippen molar-refractivity contribution in [2.45, 2.75) is 58.6 Å². The normalized spacial score (nSPS) is 26.5. The van der Waals surface area contributed by atoms with E-state index >= 15 is 0 Å². The number of benzene rings is 1. The number of carbonyl (C=O) groups is 1. The third-order valence-corrected chi connectivity index (χ3v) is 4.18. The van der Waals surface area contributed by atoms with Gasteiger partial charge in [0.15, 0.2) is 0 Å². The lowest BCUT2D eigenvalue weighted by molar-refractivity contribution is 0.00454. The van der Waals surface area contributed by atoms with Gasteiger partial charge in [-0.25, -0.2) is 4.79 Å². The van der Waals surface area contributed by atoms with E-state index in [1.165, 1.54) is 5.56 Å². The lowest BCUT2D eigenvalue weighted by Crippen LogP contribution is -2.49. The Morgan fingerprint density at radius 3 is 2.38 bits per heavy atom. The molecule has 0 unspecified atom stereocenters. The molecular weight excluding hydrogens is 262 g/mol. The topological polar surface area (TPSA) is 29.5 Å². The van der Waals surface area contributed by atoms with Crippen molar-refractivity contribution < 1.29 is 9.53 Å². The number of amides is 1. The van der Waals surface area contributed by atoms with E-state index in [9.17, 15) is 4.79 Å². The van der Waals surface area contributed by atoms with Crippen molar-refractivity contribution >= 4 is 6.09 Å². The number of piperidine rings is 1. The van der Waals surface area contributed by atoms with Gasteiger partial charge in [-0.1, -0.05) is 37.3 Å². The van der Waals surface area contributed by atoms with Crippen molar-refractivity contribution in [2.24, 2.45) is 5.92 Å². The summed E-state index contributed by atoms with van der Waals surface area (Å²) in [6.45, 7) is 10.9. The first kappa shape index (κ1) is 15.9. The van der Waals surface area contributed by atoms with E-state index in [-0.39, 0.29) is 12.1 Å². The molecule has 1 amide bonds. The Bertz CT molecular complexity index is 478. The van der Waals surface area contributed by atoms with E-state index in [1.807, 2.05) is 31.7 Å². The van der Waals surface area contributed by atoms with Crippen LogP contribution in [0.2, 0.25) is 0 Å². The Morgan fingerprint density at radius 1 is 1.19 bits per heavy atom. The molecule has 3 heteroatoms. The van der Waals surface area contributed by atoms with Crippen molar-refractivity contribution in [3.8, 4) is 0 Å². The molecule has 0 aliphatic carbocycles. The van der Waals surface area contributed by atoms with Gasteiger partial charge in [-0.2, -0.15) is 0 Å². The molecule has 21 heavy (non-hydrogen) atoms. The predicted molar refractivity (Wildman–Crippen MR) is 85.4 cm³/mol. The van der Waals surface area contributed by atoms with Crippen LogP contribution in [0.25, 0.3) is 0 Å². The highest BCUT2D eigenvalue weighted by atomic mass is 16.6. The lowest BCUT2D eigenvalue weighted by Gasteiger charge is -2.42. The fraction of sp³-hybridized carbons (Fsp3) is 0.611. The van der Waals surface area contributed by atoms with Crippen molar-refractivity contribution in [1.82, 2.24) is 4.90 Å². The van der Waals surface area contributed by atoms with Crippen molar-refractivity contribution in [1.29, 1.82) is 0 Å². The Balaban J connectivity index is 2.14. The highest BCUT2D eigenvalue weighted by Gasteiger charge is 2.36. The maximum Gasteiger partial charge on any atom is 0.410 e. The number of likely N-dealkylation sites (tertiary alicyclic amines) is 1. The highest BCUT2D eigenvalue weighted by molar-refractivity contribution is 5.68. The van der Waals surface area contributed by atoms with Gasteiger partial charge in [0, 0.05) is 18.5 Å². The summed E-state index contributed by atoms with van der Waals surface area (Å²) >= 11 is 0. The number of ether oxygens (including phenoxy) is 1. The van der Waals surface area contributed by atoms with Gasteiger partial charge in [-0.3, -0.25) is 0 Å². The van der Waals surface area contributed by atoms with Crippen LogP contribution in [-0.2, 0) is 4.74 Å². The second-order valence-electron chi connectivity index (χ2n) is 7.21. The lowest BCUT2D eigenvalue weighted by atomic mass is 9.79. The first-order chi connectivity index (χ1) is 9.78. The SMILES string of the molecule is C[C@@H]1C[C@H](C)[C@@H](c2ccccc2)CN1C(=O)OC(C)(C)C. The minimum Gasteiger partial charge on any atom is -0.444 e. The largest absolute Gasteiger partial charge is 0.444 e. The Morgan fingerprint density at radius 2 is 1.81 bits per heavy atom. The summed E-state index contributed by atoms with van der Waals surface area (Å²) in [5, 5.41) is 0. The van der Waals surface area contributed by atoms with Crippen LogP contribution in [0.3, 0.4) is 0 Å². The molecule has 1 aromatic rings. The zero-order chi connectivity index (χ0) is 15.6. The smallest absolute Gasteiger partial charge is 0.410 e. The van der Waals surface area contributed by atoms with Crippen LogP contribution in [0.5, 0.6) is 0 Å². The van der Waals surface area contributed by atoms with Gasteiger partial charge in [0.1, 0.15) is 5.60 Å². The predicted octanol–water partition coefficient (Wildman–Crippen LogP) is 4.44. The molecule has 2 rings (SSSR count). The van der Waals surface area contributed by atoms with E-state index in [2.05, 4.69) is 38.1 Å². The molecule has 1 aliphatic rings. The molecule has 0 bridgehead atoms. The third-order valence-electron chi connectivity index (χ3n) is 4.18. The minimum absolute atomic E-state index is 0.192. The molecule has 0 spiro atoms. The highest BCUT2D eigenvalue weighted by Crippen LogP contribution is 2.35. The van der Waals surface area contributed by atoms with Crippen LogP contribution in [0.15, 0.2) is 30.3 Å². The number of hydrogen-bond acceptors (Lipinski definition) is 2. The number of nitrogens with zero attached hydrogens (tertiary/aromatic N) is 1. The maximum atomic E-state index is 12.4. The molecule has 116 valence electrons. The van der Waals surface area contributed by atoms with Gasteiger partial charge in [-0.15, -0.1) is 0 Å². The number of rotatable bonds is 1. The Hall–Kier alpha value is -1.51. The zero-order valence-corrected chi connectivity index (χ0v) is 13.8. The average Bonchev–Trinajstić information content (AvgIpc) is 2.37. The fourth-order valence-corrected chi connectivity index (χ4v) is 3.11. The molecule has 3 atom stereocenters. The molecule has 1 aromatic carbocycles. The average molecular weight is 289 g/mol. The van der Waals surface area contributed by atoms with Crippen LogP contribution in [0.4, 0.5) is 4.79 Å². The molecule has 1 saturated heterocycles. The minimum atomic E-state index is -0.442. The molecule has 3 nitrogen and oxygen atoms in total. The van der Waals surface area contributed by atoms with Crippen molar-refractivity contribution in [3.63, 3.8) is 0 Å². The first-order valence-electron chi connectivity index (χ1n) is 7.82. The second-order valence-corrected chi connectivity index (χ2v) is 7.21. The second kappa shape index (κ2) is 6.08. The Kier molecular flexibility index (Phi) is 4.60. The van der Waals surface area contributed by atoms with Crippen molar-refractivity contribution in [3.05, 3.63) is 35.9 Å². The number of carbonyl (C=O) groups excluding carboxylic acids is 1. The molecule has 0 N–H and O–H groups in total. The first-order valence-corrected chi connectivity index (χ1v) is 7.82. The standard InChI is InChI=1S/C18H27NO2/c1-13-11-14(2)19(17(20)21-18(3,4)5)12-16(13)15-9-7-6-8-10-15/h6-10,13-14,16H,11-12H2,1-5H3/t13-,14+,16-/m0/s1. The van der Waals surface area contributed by atoms with E-state index < -0.39 is 5.60 Å². The van der Waals surface area contributed by atoms with Crippen LogP contribution in [0.1, 0.15) is 52.5 Å². The van der Waals surface area contributed by atoms with E-state index in [1.54, 1.807) is 0 Å². The maximum absolute atomic E-state index is 12.4. The van der Waals surface area contributed by atoms with Gasteiger partial charge in [-0.05, 0) is 45.6 Å².